The molecule has 3 rings (SSSR count). The van der Waals surface area contributed by atoms with Crippen molar-refractivity contribution in [3.05, 3.63) is 77.1 Å². The Bertz CT molecular complexity index is 893. The first-order valence-corrected chi connectivity index (χ1v) is 7.15. The van der Waals surface area contributed by atoms with Gasteiger partial charge >= 0.3 is 5.97 Å². The Labute approximate surface area is 136 Å². The first-order chi connectivity index (χ1) is 11.6. The second kappa shape index (κ2) is 6.57. The molecule has 0 fully saturated rings. The molecule has 122 valence electrons. The SMILES string of the molecule is Cc1c(C(=O)OCc2ccccc2F)nnn1-c1cccc(F)c1. The second-order valence-electron chi connectivity index (χ2n) is 5.08. The monoisotopic (exact) mass is 329 g/mol. The van der Waals surface area contributed by atoms with Gasteiger partial charge in [0.15, 0.2) is 5.69 Å². The fraction of sp³-hybridized carbons (Fsp3) is 0.118. The number of carbonyl (C=O) groups is 1. The van der Waals surface area contributed by atoms with Crippen molar-refractivity contribution in [3.8, 4) is 5.69 Å². The molecule has 1 aromatic heterocycles. The van der Waals surface area contributed by atoms with Gasteiger partial charge in [0, 0.05) is 5.56 Å². The van der Waals surface area contributed by atoms with Crippen LogP contribution in [-0.4, -0.2) is 21.0 Å². The number of hydrogen-bond donors (Lipinski definition) is 0. The van der Waals surface area contributed by atoms with Crippen LogP contribution in [0.3, 0.4) is 0 Å². The van der Waals surface area contributed by atoms with Gasteiger partial charge in [-0.1, -0.05) is 29.5 Å². The smallest absolute Gasteiger partial charge is 0.361 e. The summed E-state index contributed by atoms with van der Waals surface area (Å²) in [4.78, 5) is 12.1. The molecule has 0 aliphatic rings. The molecule has 7 heteroatoms. The van der Waals surface area contributed by atoms with Crippen molar-refractivity contribution < 1.29 is 18.3 Å². The standard InChI is InChI=1S/C17H13F2N3O2/c1-11-16(17(23)24-10-12-5-2-3-8-15(12)19)20-21-22(11)14-7-4-6-13(18)9-14/h2-9H,10H2,1H3. The molecule has 0 N–H and O–H groups in total. The number of benzene rings is 2. The van der Waals surface area contributed by atoms with Gasteiger partial charge in [0.1, 0.15) is 18.2 Å². The molecule has 0 amide bonds. The molecule has 0 aliphatic carbocycles. The predicted octanol–water partition coefficient (Wildman–Crippen LogP) is 3.21. The minimum Gasteiger partial charge on any atom is -0.456 e. The van der Waals surface area contributed by atoms with Crippen molar-refractivity contribution in [1.29, 1.82) is 0 Å². The summed E-state index contributed by atoms with van der Waals surface area (Å²) in [6, 6.07) is 11.8. The lowest BCUT2D eigenvalue weighted by Gasteiger charge is -2.05. The van der Waals surface area contributed by atoms with Crippen LogP contribution >= 0.6 is 0 Å². The topological polar surface area (TPSA) is 57.0 Å². The minimum atomic E-state index is -0.724. The summed E-state index contributed by atoms with van der Waals surface area (Å²) in [5.41, 5.74) is 1.10. The summed E-state index contributed by atoms with van der Waals surface area (Å²) in [6.45, 7) is 1.41. The van der Waals surface area contributed by atoms with Crippen molar-refractivity contribution >= 4 is 5.97 Å². The number of halogens is 2. The molecule has 2 aromatic carbocycles. The third-order valence-corrected chi connectivity index (χ3v) is 3.46. The lowest BCUT2D eigenvalue weighted by atomic mass is 10.2. The molecule has 3 aromatic rings. The molecule has 0 saturated carbocycles. The summed E-state index contributed by atoms with van der Waals surface area (Å²) in [6.07, 6.45) is 0. The zero-order valence-corrected chi connectivity index (χ0v) is 12.7. The lowest BCUT2D eigenvalue weighted by Crippen LogP contribution is -2.09. The highest BCUT2D eigenvalue weighted by Crippen LogP contribution is 2.15. The Morgan fingerprint density at radius 2 is 1.96 bits per heavy atom. The van der Waals surface area contributed by atoms with Crippen molar-refractivity contribution in [2.75, 3.05) is 0 Å². The number of aromatic nitrogens is 3. The average Bonchev–Trinajstić information content (AvgIpc) is 2.95. The first kappa shape index (κ1) is 15.8. The maximum absolute atomic E-state index is 13.5. The van der Waals surface area contributed by atoms with E-state index in [1.165, 1.54) is 35.0 Å². The number of rotatable bonds is 4. The van der Waals surface area contributed by atoms with Crippen molar-refractivity contribution in [3.63, 3.8) is 0 Å². The Morgan fingerprint density at radius 1 is 1.17 bits per heavy atom. The third-order valence-electron chi connectivity index (χ3n) is 3.46. The first-order valence-electron chi connectivity index (χ1n) is 7.15. The maximum atomic E-state index is 13.5. The Morgan fingerprint density at radius 3 is 2.71 bits per heavy atom. The highest BCUT2D eigenvalue weighted by molar-refractivity contribution is 5.88. The minimum absolute atomic E-state index is 0.00407. The fourth-order valence-electron chi connectivity index (χ4n) is 2.20. The maximum Gasteiger partial charge on any atom is 0.361 e. The van der Waals surface area contributed by atoms with Gasteiger partial charge in [0.05, 0.1) is 11.4 Å². The van der Waals surface area contributed by atoms with E-state index >= 15 is 0 Å². The molecule has 0 saturated heterocycles. The van der Waals surface area contributed by atoms with Gasteiger partial charge in [-0.25, -0.2) is 18.3 Å². The van der Waals surface area contributed by atoms with E-state index in [0.717, 1.165) is 0 Å². The van der Waals surface area contributed by atoms with Crippen LogP contribution in [0.25, 0.3) is 5.69 Å². The molecule has 0 radical (unpaired) electrons. The highest BCUT2D eigenvalue weighted by Gasteiger charge is 2.19. The number of nitrogens with zero attached hydrogens (tertiary/aromatic N) is 3. The molecule has 0 atom stereocenters. The summed E-state index contributed by atoms with van der Waals surface area (Å²) in [5, 5.41) is 7.62. The predicted molar refractivity (Wildman–Crippen MR) is 81.6 cm³/mol. The van der Waals surface area contributed by atoms with E-state index in [9.17, 15) is 13.6 Å². The number of esters is 1. The highest BCUT2D eigenvalue weighted by atomic mass is 19.1. The van der Waals surface area contributed by atoms with E-state index in [2.05, 4.69) is 10.3 Å². The van der Waals surface area contributed by atoms with Gasteiger partial charge < -0.3 is 4.74 Å². The third kappa shape index (κ3) is 3.15. The van der Waals surface area contributed by atoms with Crippen molar-refractivity contribution in [2.24, 2.45) is 0 Å². The van der Waals surface area contributed by atoms with Crippen LogP contribution in [0.2, 0.25) is 0 Å². The molecular formula is C17H13F2N3O2. The van der Waals surface area contributed by atoms with Crippen LogP contribution < -0.4 is 0 Å². The fourth-order valence-corrected chi connectivity index (χ4v) is 2.20. The molecular weight excluding hydrogens is 316 g/mol. The molecule has 1 heterocycles. The van der Waals surface area contributed by atoms with Gasteiger partial charge in [0.25, 0.3) is 0 Å². The van der Waals surface area contributed by atoms with E-state index in [1.807, 2.05) is 0 Å². The molecule has 24 heavy (non-hydrogen) atoms. The molecule has 0 spiro atoms. The van der Waals surface area contributed by atoms with E-state index < -0.39 is 17.6 Å². The molecule has 0 aliphatic heterocycles. The normalized spacial score (nSPS) is 10.6. The van der Waals surface area contributed by atoms with E-state index in [4.69, 9.17) is 4.74 Å². The summed E-state index contributed by atoms with van der Waals surface area (Å²) >= 11 is 0. The van der Waals surface area contributed by atoms with E-state index in [1.54, 1.807) is 25.1 Å². The van der Waals surface area contributed by atoms with Gasteiger partial charge in [-0.05, 0) is 31.2 Å². The van der Waals surface area contributed by atoms with Crippen LogP contribution in [0, 0.1) is 18.6 Å². The molecule has 0 unspecified atom stereocenters. The van der Waals surface area contributed by atoms with Crippen molar-refractivity contribution in [2.45, 2.75) is 13.5 Å². The van der Waals surface area contributed by atoms with Gasteiger partial charge in [-0.15, -0.1) is 5.10 Å². The Hall–Kier alpha value is -3.09. The Balaban J connectivity index is 1.78. The number of hydrogen-bond acceptors (Lipinski definition) is 4. The second-order valence-corrected chi connectivity index (χ2v) is 5.08. The summed E-state index contributed by atoms with van der Waals surface area (Å²) in [7, 11) is 0. The van der Waals surface area contributed by atoms with Crippen LogP contribution in [-0.2, 0) is 11.3 Å². The largest absolute Gasteiger partial charge is 0.456 e. The van der Waals surface area contributed by atoms with E-state index in [-0.39, 0.29) is 17.9 Å². The van der Waals surface area contributed by atoms with Gasteiger partial charge in [0.2, 0.25) is 0 Å². The number of ether oxygens (including phenoxy) is 1. The number of carbonyl (C=O) groups excluding carboxylic acids is 1. The zero-order valence-electron chi connectivity index (χ0n) is 12.7. The van der Waals surface area contributed by atoms with Crippen LogP contribution in [0.1, 0.15) is 21.7 Å². The molecule has 0 bridgehead atoms. The van der Waals surface area contributed by atoms with Crippen molar-refractivity contribution in [1.82, 2.24) is 15.0 Å². The Kier molecular flexibility index (Phi) is 4.33. The van der Waals surface area contributed by atoms with Gasteiger partial charge in [-0.3, -0.25) is 0 Å². The quantitative estimate of drug-likeness (QED) is 0.690. The average molecular weight is 329 g/mol. The lowest BCUT2D eigenvalue weighted by molar-refractivity contribution is 0.0461. The zero-order chi connectivity index (χ0) is 17.1. The van der Waals surface area contributed by atoms with Crippen LogP contribution in [0.5, 0.6) is 0 Å². The van der Waals surface area contributed by atoms with Crippen LogP contribution in [0.15, 0.2) is 48.5 Å². The van der Waals surface area contributed by atoms with E-state index in [0.29, 0.717) is 11.4 Å². The summed E-state index contributed by atoms with van der Waals surface area (Å²) in [5.74, 6) is -1.60. The van der Waals surface area contributed by atoms with Gasteiger partial charge in [-0.2, -0.15) is 0 Å². The van der Waals surface area contributed by atoms with Crippen LogP contribution in [0.4, 0.5) is 8.78 Å². The molecule has 5 nitrogen and oxygen atoms in total. The summed E-state index contributed by atoms with van der Waals surface area (Å²) < 4.78 is 33.2.